The summed E-state index contributed by atoms with van der Waals surface area (Å²) in [5.41, 5.74) is 4.72. The third kappa shape index (κ3) is 7.59. The lowest BCUT2D eigenvalue weighted by Crippen LogP contribution is -2.45. The van der Waals surface area contributed by atoms with Gasteiger partial charge in [0.25, 0.3) is 0 Å². The Morgan fingerprint density at radius 3 is 2.11 bits per heavy atom. The van der Waals surface area contributed by atoms with E-state index in [9.17, 15) is 9.59 Å². The third-order valence-electron chi connectivity index (χ3n) is 10.2. The van der Waals surface area contributed by atoms with Crippen LogP contribution >= 0.6 is 0 Å². The fourth-order valence-electron chi connectivity index (χ4n) is 7.64. The monoisotopic (exact) mass is 592 g/mol. The van der Waals surface area contributed by atoms with Crippen LogP contribution in [0.25, 0.3) is 0 Å². The van der Waals surface area contributed by atoms with Gasteiger partial charge in [-0.1, -0.05) is 78.9 Å². The van der Waals surface area contributed by atoms with E-state index in [4.69, 9.17) is 0 Å². The van der Waals surface area contributed by atoms with Crippen molar-refractivity contribution in [1.82, 2.24) is 14.7 Å². The van der Waals surface area contributed by atoms with Crippen LogP contribution in [0.2, 0.25) is 0 Å². The summed E-state index contributed by atoms with van der Waals surface area (Å²) < 4.78 is 0. The molecule has 3 aromatic rings. The number of likely N-dealkylation sites (tertiary alicyclic amines) is 1. The lowest BCUT2D eigenvalue weighted by molar-refractivity contribution is -0.134. The fourth-order valence-corrected chi connectivity index (χ4v) is 7.64. The number of amides is 2. The molecule has 6 heteroatoms. The number of fused-ring (bicyclic) bond motifs is 3. The third-order valence-corrected chi connectivity index (χ3v) is 10.2. The van der Waals surface area contributed by atoms with Gasteiger partial charge in [0.1, 0.15) is 0 Å². The Morgan fingerprint density at radius 1 is 0.727 bits per heavy atom. The zero-order valence-corrected chi connectivity index (χ0v) is 26.3. The van der Waals surface area contributed by atoms with Crippen LogP contribution in [0.5, 0.6) is 0 Å². The predicted molar refractivity (Wildman–Crippen MR) is 177 cm³/mol. The minimum absolute atomic E-state index is 0.0674. The van der Waals surface area contributed by atoms with Crippen LogP contribution in [0, 0.1) is 5.92 Å². The van der Waals surface area contributed by atoms with Crippen molar-refractivity contribution in [2.24, 2.45) is 5.92 Å². The van der Waals surface area contributed by atoms with Crippen molar-refractivity contribution in [3.63, 3.8) is 0 Å². The van der Waals surface area contributed by atoms with Crippen LogP contribution in [0.15, 0.2) is 84.9 Å². The van der Waals surface area contributed by atoms with Gasteiger partial charge in [0.15, 0.2) is 0 Å². The Bertz CT molecular complexity index is 1370. The molecule has 3 heterocycles. The van der Waals surface area contributed by atoms with E-state index in [1.54, 1.807) is 6.92 Å². The molecule has 2 amide bonds. The Kier molecular flexibility index (Phi) is 10.1. The van der Waals surface area contributed by atoms with E-state index in [2.05, 4.69) is 87.5 Å². The first kappa shape index (κ1) is 30.5. The molecular weight excluding hydrogens is 544 g/mol. The Labute approximate surface area is 263 Å². The van der Waals surface area contributed by atoms with Crippen LogP contribution in [0.1, 0.15) is 62.1 Å². The van der Waals surface area contributed by atoms with Crippen molar-refractivity contribution in [3.8, 4) is 0 Å². The molecule has 0 saturated carbocycles. The molecule has 0 aromatic heterocycles. The number of rotatable bonds is 7. The molecule has 0 spiro atoms. The zero-order chi connectivity index (χ0) is 30.3. The molecule has 3 aliphatic heterocycles. The molecule has 6 nitrogen and oxygen atoms in total. The van der Waals surface area contributed by atoms with Gasteiger partial charge in [-0.25, -0.2) is 0 Å². The van der Waals surface area contributed by atoms with Gasteiger partial charge in [-0.2, -0.15) is 0 Å². The predicted octanol–water partition coefficient (Wildman–Crippen LogP) is 6.15. The van der Waals surface area contributed by atoms with Crippen molar-refractivity contribution in [2.45, 2.75) is 77.0 Å². The maximum atomic E-state index is 14.2. The summed E-state index contributed by atoms with van der Waals surface area (Å²) in [6.45, 7) is 7.76. The number of benzene rings is 3. The Balaban J connectivity index is 1.17. The number of hydrogen-bond acceptors (Lipinski definition) is 4. The molecule has 2 saturated heterocycles. The highest BCUT2D eigenvalue weighted by Gasteiger charge is 2.37. The molecule has 2 atom stereocenters. The quantitative estimate of drug-likeness (QED) is 0.330. The maximum absolute atomic E-state index is 14.2. The van der Waals surface area contributed by atoms with Crippen molar-refractivity contribution in [2.75, 3.05) is 37.6 Å². The molecule has 232 valence electrons. The van der Waals surface area contributed by atoms with Gasteiger partial charge in [0, 0.05) is 63.8 Å². The standard InChI is InChI=1S/C38H48N4O2/c1-30(43)41-25-21-35-16-17-36(42(35)27-33-12-6-3-7-13-33)29-40(28-34-14-8-9-15-37(34)41)38(44)26-32-19-23-39(24-20-32)22-18-31-10-4-2-5-11-31/h2-15,32,35-36H,16-29H2,1H3/t35-,36+/m0/s1. The second kappa shape index (κ2) is 14.5. The summed E-state index contributed by atoms with van der Waals surface area (Å²) in [6.07, 6.45) is 6.98. The van der Waals surface area contributed by atoms with Gasteiger partial charge in [0.05, 0.1) is 0 Å². The number of hydrogen-bond donors (Lipinski definition) is 0. The molecule has 2 bridgehead atoms. The first-order chi connectivity index (χ1) is 21.5. The lowest BCUT2D eigenvalue weighted by Gasteiger charge is -2.35. The molecular formula is C38H48N4O2. The van der Waals surface area contributed by atoms with Crippen LogP contribution in [0.4, 0.5) is 5.69 Å². The molecule has 0 unspecified atom stereocenters. The van der Waals surface area contributed by atoms with Gasteiger partial charge >= 0.3 is 0 Å². The number of para-hydroxylation sites is 1. The first-order valence-corrected chi connectivity index (χ1v) is 16.7. The number of piperidine rings is 1. The van der Waals surface area contributed by atoms with E-state index < -0.39 is 0 Å². The van der Waals surface area contributed by atoms with Crippen molar-refractivity contribution in [3.05, 3.63) is 102 Å². The van der Waals surface area contributed by atoms with Gasteiger partial charge in [-0.05, 0) is 80.3 Å². The summed E-state index contributed by atoms with van der Waals surface area (Å²) in [5.74, 6) is 0.756. The number of anilines is 1. The molecule has 0 radical (unpaired) electrons. The van der Waals surface area contributed by atoms with Gasteiger partial charge in [-0.15, -0.1) is 0 Å². The van der Waals surface area contributed by atoms with E-state index >= 15 is 0 Å². The minimum Gasteiger partial charge on any atom is -0.337 e. The van der Waals surface area contributed by atoms with Crippen molar-refractivity contribution < 1.29 is 9.59 Å². The largest absolute Gasteiger partial charge is 0.337 e. The Hall–Kier alpha value is -3.48. The van der Waals surface area contributed by atoms with Gasteiger partial charge < -0.3 is 14.7 Å². The highest BCUT2D eigenvalue weighted by Crippen LogP contribution is 2.33. The highest BCUT2D eigenvalue weighted by molar-refractivity contribution is 5.92. The van der Waals surface area contributed by atoms with Crippen molar-refractivity contribution in [1.29, 1.82) is 0 Å². The normalized spacial score (nSPS) is 21.9. The van der Waals surface area contributed by atoms with E-state index in [0.717, 1.165) is 82.5 Å². The average molecular weight is 593 g/mol. The van der Waals surface area contributed by atoms with Crippen molar-refractivity contribution >= 4 is 17.5 Å². The maximum Gasteiger partial charge on any atom is 0.223 e. The smallest absolute Gasteiger partial charge is 0.223 e. The van der Waals surface area contributed by atoms with E-state index in [0.29, 0.717) is 37.5 Å². The second-order valence-corrected chi connectivity index (χ2v) is 13.1. The van der Waals surface area contributed by atoms with Crippen LogP contribution in [0.3, 0.4) is 0 Å². The topological polar surface area (TPSA) is 47.1 Å². The summed E-state index contributed by atoms with van der Waals surface area (Å²) in [7, 11) is 0. The fraction of sp³-hybridized carbons (Fsp3) is 0.474. The van der Waals surface area contributed by atoms with Gasteiger partial charge in [-0.3, -0.25) is 14.5 Å². The first-order valence-electron chi connectivity index (χ1n) is 16.7. The van der Waals surface area contributed by atoms with E-state index in [1.807, 2.05) is 17.0 Å². The van der Waals surface area contributed by atoms with Crippen LogP contribution < -0.4 is 4.90 Å². The molecule has 0 N–H and O–H groups in total. The minimum atomic E-state index is 0.0674. The summed E-state index contributed by atoms with van der Waals surface area (Å²) in [6, 6.07) is 30.4. The van der Waals surface area contributed by atoms with E-state index in [1.165, 1.54) is 11.1 Å². The molecule has 6 rings (SSSR count). The Morgan fingerprint density at radius 2 is 1.39 bits per heavy atom. The SMILES string of the molecule is CC(=O)N1CC[C@@H]2CC[C@H](CN(C(=O)CC3CCN(CCc4ccccc4)CC3)Cc3ccccc31)N2Cc1ccccc1. The molecule has 44 heavy (non-hydrogen) atoms. The molecule has 3 aromatic carbocycles. The summed E-state index contributed by atoms with van der Waals surface area (Å²) in [5, 5.41) is 0. The molecule has 0 aliphatic carbocycles. The van der Waals surface area contributed by atoms with E-state index in [-0.39, 0.29) is 11.8 Å². The lowest BCUT2D eigenvalue weighted by atomic mass is 9.92. The summed E-state index contributed by atoms with van der Waals surface area (Å²) >= 11 is 0. The van der Waals surface area contributed by atoms with Gasteiger partial charge in [0.2, 0.25) is 11.8 Å². The highest BCUT2D eigenvalue weighted by atomic mass is 16.2. The second-order valence-electron chi connectivity index (χ2n) is 13.1. The van der Waals surface area contributed by atoms with Crippen LogP contribution in [-0.4, -0.2) is 71.3 Å². The van der Waals surface area contributed by atoms with Crippen LogP contribution in [-0.2, 0) is 29.1 Å². The number of nitrogens with zero attached hydrogens (tertiary/aromatic N) is 4. The zero-order valence-electron chi connectivity index (χ0n) is 26.3. The number of carbonyl (C=O) groups is 2. The average Bonchev–Trinajstić information content (AvgIpc) is 3.41. The molecule has 3 aliphatic rings. The number of carbonyl (C=O) groups excluding carboxylic acids is 2. The summed E-state index contributed by atoms with van der Waals surface area (Å²) in [4.78, 5) is 36.4. The molecule has 2 fully saturated rings.